The first-order valence-corrected chi connectivity index (χ1v) is 6.59. The van der Waals surface area contributed by atoms with E-state index in [4.69, 9.17) is 5.11 Å². The summed E-state index contributed by atoms with van der Waals surface area (Å²) in [6.07, 6.45) is 2.26. The molecule has 0 unspecified atom stereocenters. The molecule has 2 rings (SSSR count). The Morgan fingerprint density at radius 2 is 2.11 bits per heavy atom. The van der Waals surface area contributed by atoms with Crippen LogP contribution in [0.3, 0.4) is 0 Å². The van der Waals surface area contributed by atoms with Crippen LogP contribution in [0.15, 0.2) is 23.5 Å². The predicted molar refractivity (Wildman–Crippen MR) is 59.7 cm³/mol. The molecule has 0 aliphatic rings. The number of rotatable bonds is 3. The largest absolute Gasteiger partial charge is 0.477 e. The van der Waals surface area contributed by atoms with Crippen LogP contribution in [0.5, 0.6) is 0 Å². The van der Waals surface area contributed by atoms with Gasteiger partial charge in [-0.05, 0) is 6.07 Å². The number of nitrogens with one attached hydrogen (secondary N) is 1. The third-order valence-corrected chi connectivity index (χ3v) is 2.90. The van der Waals surface area contributed by atoms with Crippen LogP contribution < -0.4 is 0 Å². The predicted octanol–water partition coefficient (Wildman–Crippen LogP) is -0.0316. The highest BCUT2D eigenvalue weighted by Crippen LogP contribution is 2.15. The maximum absolute atomic E-state index is 11.3. The first kappa shape index (κ1) is 12.2. The van der Waals surface area contributed by atoms with Crippen molar-refractivity contribution in [3.63, 3.8) is 0 Å². The molecule has 0 amide bonds. The lowest BCUT2D eigenvalue weighted by atomic mass is 10.3. The fourth-order valence-corrected chi connectivity index (χ4v) is 1.74. The normalized spacial score (nSPS) is 11.4. The molecule has 2 heterocycles. The Kier molecular flexibility index (Phi) is 2.83. The quantitative estimate of drug-likeness (QED) is 0.748. The second-order valence-corrected chi connectivity index (χ2v) is 5.38. The van der Waals surface area contributed by atoms with E-state index in [0.717, 1.165) is 6.26 Å². The second kappa shape index (κ2) is 4.18. The van der Waals surface area contributed by atoms with E-state index >= 15 is 0 Å². The van der Waals surface area contributed by atoms with Gasteiger partial charge >= 0.3 is 5.97 Å². The molecule has 18 heavy (non-hydrogen) atoms. The van der Waals surface area contributed by atoms with Crippen LogP contribution in [0, 0.1) is 0 Å². The Labute approximate surface area is 102 Å². The molecule has 0 spiro atoms. The number of H-pyrrole nitrogens is 1. The minimum absolute atomic E-state index is 0.107. The first-order chi connectivity index (χ1) is 8.38. The summed E-state index contributed by atoms with van der Waals surface area (Å²) in [6.45, 7) is 0. The lowest BCUT2D eigenvalue weighted by molar-refractivity contribution is 0.0690. The van der Waals surface area contributed by atoms with Gasteiger partial charge in [-0.3, -0.25) is 5.10 Å². The zero-order valence-electron chi connectivity index (χ0n) is 9.15. The first-order valence-electron chi connectivity index (χ1n) is 4.70. The number of nitrogens with zero attached hydrogens (tertiary/aromatic N) is 3. The number of aromatic carboxylic acids is 1. The number of aromatic nitrogens is 4. The SMILES string of the molecule is CS(=O)(=O)c1nccc(-c2cc(C(=O)O)[nH]n2)n1. The van der Waals surface area contributed by atoms with Gasteiger partial charge in [0.15, 0.2) is 0 Å². The van der Waals surface area contributed by atoms with Crippen molar-refractivity contribution in [3.05, 3.63) is 24.0 Å². The average Bonchev–Trinajstić information content (AvgIpc) is 2.77. The van der Waals surface area contributed by atoms with Crippen LogP contribution in [0.25, 0.3) is 11.4 Å². The van der Waals surface area contributed by atoms with Crippen molar-refractivity contribution in [1.82, 2.24) is 20.2 Å². The number of carbonyl (C=O) groups is 1. The van der Waals surface area contributed by atoms with Gasteiger partial charge in [-0.15, -0.1) is 0 Å². The van der Waals surface area contributed by atoms with Gasteiger partial charge in [-0.25, -0.2) is 23.2 Å². The number of carboxylic acid groups (broad SMARTS) is 1. The molecule has 0 bridgehead atoms. The summed E-state index contributed by atoms with van der Waals surface area (Å²) in [5.41, 5.74) is 0.360. The monoisotopic (exact) mass is 268 g/mol. The molecule has 94 valence electrons. The molecule has 2 aromatic rings. The smallest absolute Gasteiger partial charge is 0.353 e. The van der Waals surface area contributed by atoms with E-state index in [0.29, 0.717) is 0 Å². The Bertz CT molecular complexity index is 707. The molecule has 0 fully saturated rings. The third kappa shape index (κ3) is 2.35. The molecule has 2 aromatic heterocycles. The maximum atomic E-state index is 11.3. The molecule has 0 aliphatic heterocycles. The molecule has 0 saturated heterocycles. The van der Waals surface area contributed by atoms with Gasteiger partial charge in [0.25, 0.3) is 0 Å². The van der Waals surface area contributed by atoms with E-state index in [1.54, 1.807) is 0 Å². The number of hydrogen-bond donors (Lipinski definition) is 2. The summed E-state index contributed by atoms with van der Waals surface area (Å²) in [6, 6.07) is 2.70. The van der Waals surface area contributed by atoms with Crippen LogP contribution in [0.1, 0.15) is 10.5 Å². The topological polar surface area (TPSA) is 126 Å². The fraction of sp³-hybridized carbons (Fsp3) is 0.111. The summed E-state index contributed by atoms with van der Waals surface area (Å²) >= 11 is 0. The number of hydrogen-bond acceptors (Lipinski definition) is 6. The lowest BCUT2D eigenvalue weighted by Crippen LogP contribution is -2.04. The van der Waals surface area contributed by atoms with E-state index in [9.17, 15) is 13.2 Å². The summed E-state index contributed by atoms with van der Waals surface area (Å²) < 4.78 is 22.6. The van der Waals surface area contributed by atoms with Crippen molar-refractivity contribution in [3.8, 4) is 11.4 Å². The van der Waals surface area contributed by atoms with Crippen molar-refractivity contribution >= 4 is 15.8 Å². The van der Waals surface area contributed by atoms with E-state index in [-0.39, 0.29) is 22.2 Å². The van der Waals surface area contributed by atoms with Gasteiger partial charge in [0.05, 0.1) is 5.69 Å². The molecule has 0 aliphatic carbocycles. The molecule has 0 radical (unpaired) electrons. The van der Waals surface area contributed by atoms with E-state index in [1.165, 1.54) is 18.3 Å². The van der Waals surface area contributed by atoms with Crippen molar-refractivity contribution in [2.45, 2.75) is 5.16 Å². The number of sulfone groups is 1. The highest BCUT2D eigenvalue weighted by Gasteiger charge is 2.14. The van der Waals surface area contributed by atoms with Crippen LogP contribution in [0.2, 0.25) is 0 Å². The summed E-state index contributed by atoms with van der Waals surface area (Å²) in [7, 11) is -3.52. The van der Waals surface area contributed by atoms with Crippen LogP contribution in [-0.2, 0) is 9.84 Å². The maximum Gasteiger partial charge on any atom is 0.353 e. The van der Waals surface area contributed by atoms with E-state index < -0.39 is 15.8 Å². The Balaban J connectivity index is 2.48. The van der Waals surface area contributed by atoms with Crippen molar-refractivity contribution < 1.29 is 18.3 Å². The Hall–Kier alpha value is -2.29. The van der Waals surface area contributed by atoms with Crippen molar-refractivity contribution in [1.29, 1.82) is 0 Å². The average molecular weight is 268 g/mol. The fourth-order valence-electron chi connectivity index (χ4n) is 1.22. The van der Waals surface area contributed by atoms with E-state index in [2.05, 4.69) is 20.2 Å². The standard InChI is InChI=1S/C9H8N4O4S/c1-18(16,17)9-10-3-2-5(11-9)6-4-7(8(14)15)13-12-6/h2-4H,1H3,(H,12,13)(H,14,15). The highest BCUT2D eigenvalue weighted by atomic mass is 32.2. The van der Waals surface area contributed by atoms with E-state index in [1.807, 2.05) is 0 Å². The molecule has 9 heteroatoms. The minimum Gasteiger partial charge on any atom is -0.477 e. The Morgan fingerprint density at radius 3 is 2.67 bits per heavy atom. The van der Waals surface area contributed by atoms with Crippen LogP contribution in [-0.4, -0.2) is 45.9 Å². The second-order valence-electron chi connectivity index (χ2n) is 3.47. The molecular formula is C9H8N4O4S. The zero-order chi connectivity index (χ0) is 13.3. The minimum atomic E-state index is -3.52. The molecule has 0 aromatic carbocycles. The van der Waals surface area contributed by atoms with Gasteiger partial charge < -0.3 is 5.11 Å². The van der Waals surface area contributed by atoms with Gasteiger partial charge in [0.2, 0.25) is 15.0 Å². The molecular weight excluding hydrogens is 260 g/mol. The van der Waals surface area contributed by atoms with Gasteiger partial charge in [-0.2, -0.15) is 5.10 Å². The summed E-state index contributed by atoms with van der Waals surface area (Å²) in [5.74, 6) is -1.16. The molecule has 2 N–H and O–H groups in total. The lowest BCUT2D eigenvalue weighted by Gasteiger charge is -1.98. The number of aromatic amines is 1. The summed E-state index contributed by atoms with van der Waals surface area (Å²) in [4.78, 5) is 18.1. The summed E-state index contributed by atoms with van der Waals surface area (Å²) in [5, 5.41) is 14.4. The third-order valence-electron chi connectivity index (χ3n) is 2.04. The molecule has 0 saturated carbocycles. The highest BCUT2D eigenvalue weighted by molar-refractivity contribution is 7.90. The van der Waals surface area contributed by atoms with Gasteiger partial charge in [-0.1, -0.05) is 0 Å². The number of carboxylic acids is 1. The zero-order valence-corrected chi connectivity index (χ0v) is 9.97. The van der Waals surface area contributed by atoms with Crippen molar-refractivity contribution in [2.24, 2.45) is 0 Å². The van der Waals surface area contributed by atoms with Crippen molar-refractivity contribution in [2.75, 3.05) is 6.26 Å². The molecule has 8 nitrogen and oxygen atoms in total. The molecule has 0 atom stereocenters. The Morgan fingerprint density at radius 1 is 1.39 bits per heavy atom. The van der Waals surface area contributed by atoms with Crippen LogP contribution in [0.4, 0.5) is 0 Å². The van der Waals surface area contributed by atoms with Gasteiger partial charge in [0, 0.05) is 18.5 Å². The van der Waals surface area contributed by atoms with Crippen LogP contribution >= 0.6 is 0 Å². The van der Waals surface area contributed by atoms with Gasteiger partial charge in [0.1, 0.15) is 11.4 Å².